The molecular formula is C15H17N3O2. The molecule has 5 heteroatoms. The average Bonchev–Trinajstić information content (AvgIpc) is 2.77. The molecule has 0 aliphatic carbocycles. The smallest absolute Gasteiger partial charge is 0.261 e. The molecule has 0 spiro atoms. The SMILES string of the molecule is Cc1nc(OCCN(C)C)c2oc3ccccc3c2n1. The lowest BCUT2D eigenvalue weighted by Gasteiger charge is -2.10. The van der Waals surface area contributed by atoms with Crippen molar-refractivity contribution in [2.45, 2.75) is 6.92 Å². The Bertz CT molecular complexity index is 749. The maximum absolute atomic E-state index is 5.83. The van der Waals surface area contributed by atoms with E-state index in [9.17, 15) is 0 Å². The highest BCUT2D eigenvalue weighted by atomic mass is 16.5. The number of aromatic nitrogens is 2. The highest BCUT2D eigenvalue weighted by Crippen LogP contribution is 2.32. The Morgan fingerprint density at radius 1 is 1.20 bits per heavy atom. The van der Waals surface area contributed by atoms with Gasteiger partial charge in [0.15, 0.2) is 0 Å². The van der Waals surface area contributed by atoms with Gasteiger partial charge in [-0.1, -0.05) is 12.1 Å². The zero-order valence-corrected chi connectivity index (χ0v) is 11.9. The largest absolute Gasteiger partial charge is 0.474 e. The molecular weight excluding hydrogens is 254 g/mol. The van der Waals surface area contributed by atoms with Crippen molar-refractivity contribution >= 4 is 22.1 Å². The Hall–Kier alpha value is -2.14. The second kappa shape index (κ2) is 5.09. The lowest BCUT2D eigenvalue weighted by atomic mass is 10.2. The van der Waals surface area contributed by atoms with Crippen LogP contribution in [0.25, 0.3) is 22.1 Å². The molecule has 0 aliphatic rings. The molecule has 0 saturated heterocycles. The summed E-state index contributed by atoms with van der Waals surface area (Å²) in [6, 6.07) is 7.84. The van der Waals surface area contributed by atoms with Crippen LogP contribution < -0.4 is 4.74 Å². The molecule has 0 aliphatic heterocycles. The van der Waals surface area contributed by atoms with Crippen molar-refractivity contribution in [3.05, 3.63) is 30.1 Å². The molecule has 0 atom stereocenters. The number of nitrogens with zero attached hydrogens (tertiary/aromatic N) is 3. The van der Waals surface area contributed by atoms with E-state index in [4.69, 9.17) is 9.15 Å². The summed E-state index contributed by atoms with van der Waals surface area (Å²) < 4.78 is 11.6. The fourth-order valence-electron chi connectivity index (χ4n) is 2.10. The van der Waals surface area contributed by atoms with Gasteiger partial charge in [0.2, 0.25) is 5.58 Å². The van der Waals surface area contributed by atoms with Gasteiger partial charge in [-0.2, -0.15) is 4.98 Å². The first-order valence-electron chi connectivity index (χ1n) is 6.58. The van der Waals surface area contributed by atoms with Gasteiger partial charge in [-0.3, -0.25) is 0 Å². The van der Waals surface area contributed by atoms with Crippen LogP contribution >= 0.6 is 0 Å². The topological polar surface area (TPSA) is 51.4 Å². The van der Waals surface area contributed by atoms with E-state index in [1.54, 1.807) is 0 Å². The predicted molar refractivity (Wildman–Crippen MR) is 78.1 cm³/mol. The van der Waals surface area contributed by atoms with Crippen LogP contribution in [0.5, 0.6) is 5.88 Å². The number of fused-ring (bicyclic) bond motifs is 3. The van der Waals surface area contributed by atoms with E-state index in [2.05, 4.69) is 14.9 Å². The van der Waals surface area contributed by atoms with Crippen molar-refractivity contribution in [1.29, 1.82) is 0 Å². The van der Waals surface area contributed by atoms with Crippen LogP contribution in [0, 0.1) is 6.92 Å². The number of likely N-dealkylation sites (N-methyl/N-ethyl adjacent to an activating group) is 1. The number of hydrogen-bond acceptors (Lipinski definition) is 5. The standard InChI is InChI=1S/C15H17N3O2/c1-10-16-13-11-6-4-5-7-12(11)20-14(13)15(17-10)19-9-8-18(2)3/h4-7H,8-9H2,1-3H3. The van der Waals surface area contributed by atoms with E-state index in [0.29, 0.717) is 23.9 Å². The van der Waals surface area contributed by atoms with Crippen molar-refractivity contribution in [2.24, 2.45) is 0 Å². The van der Waals surface area contributed by atoms with Crippen molar-refractivity contribution in [3.8, 4) is 5.88 Å². The minimum absolute atomic E-state index is 0.519. The number of furan rings is 1. The van der Waals surface area contributed by atoms with E-state index >= 15 is 0 Å². The van der Waals surface area contributed by atoms with Gasteiger partial charge in [-0.15, -0.1) is 0 Å². The maximum Gasteiger partial charge on any atom is 0.261 e. The first-order valence-corrected chi connectivity index (χ1v) is 6.58. The lowest BCUT2D eigenvalue weighted by Crippen LogP contribution is -2.19. The minimum atomic E-state index is 0.519. The molecule has 20 heavy (non-hydrogen) atoms. The number of para-hydroxylation sites is 1. The molecule has 0 saturated carbocycles. The summed E-state index contributed by atoms with van der Waals surface area (Å²) in [5.41, 5.74) is 2.24. The van der Waals surface area contributed by atoms with E-state index in [0.717, 1.165) is 23.0 Å². The third-order valence-corrected chi connectivity index (χ3v) is 3.08. The molecule has 104 valence electrons. The summed E-state index contributed by atoms with van der Waals surface area (Å²) in [6.45, 7) is 3.25. The maximum atomic E-state index is 5.83. The first-order chi connectivity index (χ1) is 9.65. The van der Waals surface area contributed by atoms with Gasteiger partial charge in [-0.05, 0) is 33.2 Å². The van der Waals surface area contributed by atoms with Crippen LogP contribution in [-0.4, -0.2) is 42.1 Å². The first kappa shape index (κ1) is 12.9. The molecule has 0 radical (unpaired) electrons. The zero-order valence-electron chi connectivity index (χ0n) is 11.9. The van der Waals surface area contributed by atoms with E-state index < -0.39 is 0 Å². The quantitative estimate of drug-likeness (QED) is 0.730. The predicted octanol–water partition coefficient (Wildman–Crippen LogP) is 2.62. The summed E-state index contributed by atoms with van der Waals surface area (Å²) in [5, 5.41) is 0.991. The van der Waals surface area contributed by atoms with Gasteiger partial charge in [0.05, 0.1) is 0 Å². The van der Waals surface area contributed by atoms with Crippen molar-refractivity contribution in [2.75, 3.05) is 27.2 Å². The summed E-state index contributed by atoms with van der Waals surface area (Å²) in [5.74, 6) is 1.20. The molecule has 2 aromatic heterocycles. The highest BCUT2D eigenvalue weighted by Gasteiger charge is 2.15. The Kier molecular flexibility index (Phi) is 3.28. The second-order valence-corrected chi connectivity index (χ2v) is 5.00. The van der Waals surface area contributed by atoms with Gasteiger partial charge in [-0.25, -0.2) is 4.98 Å². The second-order valence-electron chi connectivity index (χ2n) is 5.00. The van der Waals surface area contributed by atoms with Gasteiger partial charge in [0.1, 0.15) is 23.5 Å². The molecule has 0 amide bonds. The zero-order chi connectivity index (χ0) is 14.1. The van der Waals surface area contributed by atoms with Crippen molar-refractivity contribution in [1.82, 2.24) is 14.9 Å². The Labute approximate surface area is 117 Å². The minimum Gasteiger partial charge on any atom is -0.474 e. The van der Waals surface area contributed by atoms with E-state index in [1.165, 1.54) is 0 Å². The van der Waals surface area contributed by atoms with Crippen LogP contribution in [0.15, 0.2) is 28.7 Å². The lowest BCUT2D eigenvalue weighted by molar-refractivity contribution is 0.253. The van der Waals surface area contributed by atoms with Crippen LogP contribution in [0.2, 0.25) is 0 Å². The van der Waals surface area contributed by atoms with Gasteiger partial charge >= 0.3 is 0 Å². The Balaban J connectivity index is 2.07. The van der Waals surface area contributed by atoms with E-state index in [1.807, 2.05) is 45.3 Å². The van der Waals surface area contributed by atoms with Crippen LogP contribution in [0.3, 0.4) is 0 Å². The normalized spacial score (nSPS) is 11.6. The molecule has 1 aromatic carbocycles. The fraction of sp³-hybridized carbons (Fsp3) is 0.333. The number of aryl methyl sites for hydroxylation is 1. The molecule has 0 N–H and O–H groups in total. The monoisotopic (exact) mass is 271 g/mol. The molecule has 0 unspecified atom stereocenters. The number of hydrogen-bond donors (Lipinski definition) is 0. The Morgan fingerprint density at radius 3 is 2.80 bits per heavy atom. The summed E-state index contributed by atoms with van der Waals surface area (Å²) in [7, 11) is 4.01. The molecule has 2 heterocycles. The van der Waals surface area contributed by atoms with Crippen LogP contribution in [-0.2, 0) is 0 Å². The van der Waals surface area contributed by atoms with E-state index in [-0.39, 0.29) is 0 Å². The highest BCUT2D eigenvalue weighted by molar-refractivity contribution is 6.03. The van der Waals surface area contributed by atoms with Crippen LogP contribution in [0.4, 0.5) is 0 Å². The summed E-state index contributed by atoms with van der Waals surface area (Å²) in [4.78, 5) is 10.9. The molecule has 5 nitrogen and oxygen atoms in total. The Morgan fingerprint density at radius 2 is 2.00 bits per heavy atom. The van der Waals surface area contributed by atoms with Gasteiger partial charge in [0.25, 0.3) is 5.88 Å². The molecule has 0 bridgehead atoms. The third-order valence-electron chi connectivity index (χ3n) is 3.08. The fourth-order valence-corrected chi connectivity index (χ4v) is 2.10. The number of rotatable bonds is 4. The van der Waals surface area contributed by atoms with Gasteiger partial charge < -0.3 is 14.1 Å². The molecule has 0 fully saturated rings. The summed E-state index contributed by atoms with van der Waals surface area (Å²) in [6.07, 6.45) is 0. The molecule has 3 rings (SSSR count). The van der Waals surface area contributed by atoms with Crippen molar-refractivity contribution in [3.63, 3.8) is 0 Å². The third kappa shape index (κ3) is 2.32. The van der Waals surface area contributed by atoms with Crippen molar-refractivity contribution < 1.29 is 9.15 Å². The average molecular weight is 271 g/mol. The van der Waals surface area contributed by atoms with Crippen LogP contribution in [0.1, 0.15) is 5.82 Å². The summed E-state index contributed by atoms with van der Waals surface area (Å²) >= 11 is 0. The van der Waals surface area contributed by atoms with Gasteiger partial charge in [0, 0.05) is 11.9 Å². The number of benzene rings is 1. The number of ether oxygens (including phenoxy) is 1. The molecule has 3 aromatic rings.